The van der Waals surface area contributed by atoms with Crippen LogP contribution in [0.5, 0.6) is 11.5 Å². The quantitative estimate of drug-likeness (QED) is 0.789. The predicted octanol–water partition coefficient (Wildman–Crippen LogP) is 2.28. The van der Waals surface area contributed by atoms with E-state index in [1.54, 1.807) is 19.4 Å². The number of pyridine rings is 1. The maximum Gasteiger partial charge on any atom is 0.205 e. The van der Waals surface area contributed by atoms with Crippen molar-refractivity contribution in [1.82, 2.24) is 4.98 Å². The molecule has 0 bridgehead atoms. The molecule has 0 N–H and O–H groups in total. The first-order valence-corrected chi connectivity index (χ1v) is 6.06. The molecule has 1 unspecified atom stereocenters. The van der Waals surface area contributed by atoms with Crippen molar-refractivity contribution in [2.45, 2.75) is 12.5 Å². The van der Waals surface area contributed by atoms with Crippen LogP contribution in [0.3, 0.4) is 0 Å². The van der Waals surface area contributed by atoms with Crippen molar-refractivity contribution in [3.05, 3.63) is 53.9 Å². The van der Waals surface area contributed by atoms with Gasteiger partial charge in [-0.1, -0.05) is 18.2 Å². The molecule has 1 aromatic carbocycles. The fourth-order valence-corrected chi connectivity index (χ4v) is 2.18. The normalized spacial score (nSPS) is 16.6. The average molecular weight is 255 g/mol. The van der Waals surface area contributed by atoms with Crippen LogP contribution in [-0.2, 0) is 6.42 Å². The van der Waals surface area contributed by atoms with Gasteiger partial charge in [-0.2, -0.15) is 0 Å². The number of ketones is 1. The van der Waals surface area contributed by atoms with Crippen LogP contribution in [0.4, 0.5) is 0 Å². The molecule has 2 aromatic rings. The van der Waals surface area contributed by atoms with Crippen LogP contribution >= 0.6 is 0 Å². The number of carbonyl (C=O) groups excluding carboxylic acids is 1. The van der Waals surface area contributed by atoms with Gasteiger partial charge in [0.2, 0.25) is 5.78 Å². The van der Waals surface area contributed by atoms with Gasteiger partial charge in [-0.25, -0.2) is 0 Å². The van der Waals surface area contributed by atoms with E-state index in [9.17, 15) is 4.79 Å². The van der Waals surface area contributed by atoms with E-state index in [-0.39, 0.29) is 5.78 Å². The van der Waals surface area contributed by atoms with Crippen LogP contribution in [0.2, 0.25) is 0 Å². The van der Waals surface area contributed by atoms with Gasteiger partial charge in [0.15, 0.2) is 6.10 Å². The monoisotopic (exact) mass is 255 g/mol. The maximum atomic E-state index is 12.4. The molecule has 0 saturated carbocycles. The second kappa shape index (κ2) is 4.72. The molecule has 0 aliphatic carbocycles. The van der Waals surface area contributed by atoms with Crippen molar-refractivity contribution in [2.24, 2.45) is 0 Å². The number of nitrogens with zero attached hydrogens (tertiary/aromatic N) is 1. The van der Waals surface area contributed by atoms with Crippen molar-refractivity contribution < 1.29 is 14.3 Å². The number of para-hydroxylation sites is 1. The highest BCUT2D eigenvalue weighted by Gasteiger charge is 2.29. The van der Waals surface area contributed by atoms with Gasteiger partial charge >= 0.3 is 0 Å². The highest BCUT2D eigenvalue weighted by molar-refractivity contribution is 6.00. The van der Waals surface area contributed by atoms with E-state index in [0.29, 0.717) is 17.7 Å². The van der Waals surface area contributed by atoms with Crippen LogP contribution in [0.1, 0.15) is 15.9 Å². The largest absolute Gasteiger partial charge is 0.495 e. The number of hydrogen-bond acceptors (Lipinski definition) is 4. The number of methoxy groups -OCH3 is 1. The molecule has 0 spiro atoms. The topological polar surface area (TPSA) is 48.4 Å². The van der Waals surface area contributed by atoms with Crippen molar-refractivity contribution in [3.63, 3.8) is 0 Å². The molecule has 2 heterocycles. The fourth-order valence-electron chi connectivity index (χ4n) is 2.18. The molecule has 0 amide bonds. The lowest BCUT2D eigenvalue weighted by Gasteiger charge is -2.09. The lowest BCUT2D eigenvalue weighted by molar-refractivity contribution is 0.0824. The molecule has 1 atom stereocenters. The van der Waals surface area contributed by atoms with E-state index in [1.165, 1.54) is 6.20 Å². The number of Topliss-reactive ketones (excluding diaryl/α,β-unsaturated/α-hetero) is 1. The SMILES string of the molecule is COc1cncc(C(=O)C2Cc3ccccc3O2)c1. The molecule has 1 aromatic heterocycles. The van der Waals surface area contributed by atoms with Gasteiger partial charge in [-0.3, -0.25) is 9.78 Å². The summed E-state index contributed by atoms with van der Waals surface area (Å²) >= 11 is 0. The standard InChI is InChI=1S/C15H13NO3/c1-18-12-6-11(8-16-9-12)15(17)14-7-10-4-2-3-5-13(10)19-14/h2-6,8-9,14H,7H2,1H3. The van der Waals surface area contributed by atoms with Gasteiger partial charge < -0.3 is 9.47 Å². The minimum atomic E-state index is -0.466. The zero-order chi connectivity index (χ0) is 13.2. The van der Waals surface area contributed by atoms with Crippen LogP contribution in [0.25, 0.3) is 0 Å². The Kier molecular flexibility index (Phi) is 2.91. The number of benzene rings is 1. The summed E-state index contributed by atoms with van der Waals surface area (Å²) in [5.41, 5.74) is 1.58. The van der Waals surface area contributed by atoms with Crippen molar-refractivity contribution >= 4 is 5.78 Å². The Morgan fingerprint density at radius 2 is 2.21 bits per heavy atom. The summed E-state index contributed by atoms with van der Waals surface area (Å²) in [6.45, 7) is 0. The zero-order valence-electron chi connectivity index (χ0n) is 10.5. The van der Waals surface area contributed by atoms with E-state index in [1.807, 2.05) is 24.3 Å². The van der Waals surface area contributed by atoms with Crippen LogP contribution in [0.15, 0.2) is 42.7 Å². The minimum absolute atomic E-state index is 0.0670. The van der Waals surface area contributed by atoms with Crippen LogP contribution in [-0.4, -0.2) is 24.0 Å². The Morgan fingerprint density at radius 3 is 3.00 bits per heavy atom. The number of aromatic nitrogens is 1. The maximum absolute atomic E-state index is 12.4. The van der Waals surface area contributed by atoms with Gasteiger partial charge in [0.1, 0.15) is 11.5 Å². The van der Waals surface area contributed by atoms with E-state index < -0.39 is 6.10 Å². The molecule has 0 saturated heterocycles. The number of rotatable bonds is 3. The van der Waals surface area contributed by atoms with Gasteiger partial charge in [0, 0.05) is 18.2 Å². The van der Waals surface area contributed by atoms with E-state index in [2.05, 4.69) is 4.98 Å². The van der Waals surface area contributed by atoms with Crippen molar-refractivity contribution in [3.8, 4) is 11.5 Å². The predicted molar refractivity (Wildman–Crippen MR) is 69.7 cm³/mol. The van der Waals surface area contributed by atoms with Crippen LogP contribution < -0.4 is 9.47 Å². The smallest absolute Gasteiger partial charge is 0.205 e. The minimum Gasteiger partial charge on any atom is -0.495 e. The second-order valence-electron chi connectivity index (χ2n) is 4.40. The van der Waals surface area contributed by atoms with Gasteiger partial charge in [-0.05, 0) is 17.7 Å². The Hall–Kier alpha value is -2.36. The third-order valence-corrected chi connectivity index (χ3v) is 3.17. The van der Waals surface area contributed by atoms with E-state index >= 15 is 0 Å². The third-order valence-electron chi connectivity index (χ3n) is 3.17. The third kappa shape index (κ3) is 2.17. The summed E-state index contributed by atoms with van der Waals surface area (Å²) in [4.78, 5) is 16.4. The molecule has 96 valence electrons. The first-order valence-electron chi connectivity index (χ1n) is 6.06. The molecule has 0 radical (unpaired) electrons. The summed E-state index contributed by atoms with van der Waals surface area (Å²) in [5.74, 6) is 1.29. The van der Waals surface area contributed by atoms with E-state index in [4.69, 9.17) is 9.47 Å². The highest BCUT2D eigenvalue weighted by Crippen LogP contribution is 2.29. The summed E-state index contributed by atoms with van der Waals surface area (Å²) in [5, 5.41) is 0. The van der Waals surface area contributed by atoms with Gasteiger partial charge in [-0.15, -0.1) is 0 Å². The molecule has 4 nitrogen and oxygen atoms in total. The summed E-state index contributed by atoms with van der Waals surface area (Å²) in [6, 6.07) is 9.39. The fraction of sp³-hybridized carbons (Fsp3) is 0.200. The van der Waals surface area contributed by atoms with Gasteiger partial charge in [0.05, 0.1) is 13.3 Å². The van der Waals surface area contributed by atoms with Crippen molar-refractivity contribution in [2.75, 3.05) is 7.11 Å². The summed E-state index contributed by atoms with van der Waals surface area (Å²) in [7, 11) is 1.55. The second-order valence-corrected chi connectivity index (χ2v) is 4.40. The van der Waals surface area contributed by atoms with Crippen LogP contribution in [0, 0.1) is 0 Å². The number of hydrogen-bond donors (Lipinski definition) is 0. The lowest BCUT2D eigenvalue weighted by Crippen LogP contribution is -2.25. The Balaban J connectivity index is 1.83. The molecule has 3 rings (SSSR count). The average Bonchev–Trinajstić information content (AvgIpc) is 2.90. The van der Waals surface area contributed by atoms with E-state index in [0.717, 1.165) is 11.3 Å². The molecular weight excluding hydrogens is 242 g/mol. The summed E-state index contributed by atoms with van der Waals surface area (Å²) < 4.78 is 10.8. The van der Waals surface area contributed by atoms with Crippen molar-refractivity contribution in [1.29, 1.82) is 0 Å². The zero-order valence-corrected chi connectivity index (χ0v) is 10.5. The molecule has 19 heavy (non-hydrogen) atoms. The molecule has 4 heteroatoms. The first-order chi connectivity index (χ1) is 9.28. The molecule has 1 aliphatic rings. The highest BCUT2D eigenvalue weighted by atomic mass is 16.5. The first kappa shape index (κ1) is 11.7. The number of carbonyl (C=O) groups is 1. The molecule has 1 aliphatic heterocycles. The Bertz CT molecular complexity index is 599. The molecule has 0 fully saturated rings. The Labute approximate surface area is 111 Å². The van der Waals surface area contributed by atoms with Gasteiger partial charge in [0.25, 0.3) is 0 Å². The lowest BCUT2D eigenvalue weighted by atomic mass is 10.0. The number of ether oxygens (including phenoxy) is 2. The Morgan fingerprint density at radius 1 is 1.37 bits per heavy atom. The number of fused-ring (bicyclic) bond motifs is 1. The summed E-state index contributed by atoms with van der Waals surface area (Å²) in [6.07, 6.45) is 3.25. The molecular formula is C15H13NO3.